The molecule has 0 aromatic heterocycles. The highest BCUT2D eigenvalue weighted by molar-refractivity contribution is 5.74. The van der Waals surface area contributed by atoms with E-state index >= 15 is 0 Å². The van der Waals surface area contributed by atoms with Crippen molar-refractivity contribution in [3.05, 3.63) is 0 Å². The number of hydrogen-bond acceptors (Lipinski definition) is 3. The van der Waals surface area contributed by atoms with Crippen LogP contribution in [0.15, 0.2) is 0 Å². The van der Waals surface area contributed by atoms with Crippen LogP contribution in [-0.2, 0) is 9.53 Å². The molecule has 0 heterocycles. The van der Waals surface area contributed by atoms with Gasteiger partial charge in [0.15, 0.2) is 0 Å². The van der Waals surface area contributed by atoms with Crippen LogP contribution in [0.25, 0.3) is 0 Å². The van der Waals surface area contributed by atoms with E-state index in [9.17, 15) is 9.59 Å². The molecule has 1 fully saturated rings. The normalized spacial score (nSPS) is 22.2. The maximum atomic E-state index is 11.6. The molecular formula is C13H24N2O4. The standard InChI is InChI=1S/C13H24N2O4/c1-19-11-7-6-10(9-11)15-13(18)14-8-4-2-3-5-12(16)17/h10-11H,2-9H2,1H3,(H,16,17)(H2,14,15,18). The SMILES string of the molecule is COC1CCC(NC(=O)NCCCCCC(=O)O)C1. The number of carboxylic acid groups (broad SMARTS) is 1. The molecule has 19 heavy (non-hydrogen) atoms. The maximum absolute atomic E-state index is 11.6. The van der Waals surface area contributed by atoms with Gasteiger partial charge in [-0.05, 0) is 32.1 Å². The molecule has 2 atom stereocenters. The van der Waals surface area contributed by atoms with Crippen LogP contribution in [-0.4, -0.2) is 42.9 Å². The van der Waals surface area contributed by atoms with Crippen LogP contribution < -0.4 is 10.6 Å². The summed E-state index contributed by atoms with van der Waals surface area (Å²) in [7, 11) is 1.70. The van der Waals surface area contributed by atoms with Crippen LogP contribution in [0.2, 0.25) is 0 Å². The summed E-state index contributed by atoms with van der Waals surface area (Å²) in [5, 5.41) is 14.2. The first-order chi connectivity index (χ1) is 9.11. The summed E-state index contributed by atoms with van der Waals surface area (Å²) in [5.41, 5.74) is 0. The van der Waals surface area contributed by atoms with Crippen molar-refractivity contribution < 1.29 is 19.4 Å². The summed E-state index contributed by atoms with van der Waals surface area (Å²) in [6.07, 6.45) is 5.60. The van der Waals surface area contributed by atoms with Gasteiger partial charge >= 0.3 is 12.0 Å². The first kappa shape index (κ1) is 15.8. The number of nitrogens with one attached hydrogen (secondary N) is 2. The smallest absolute Gasteiger partial charge is 0.315 e. The Bertz CT molecular complexity index is 296. The molecule has 0 radical (unpaired) electrons. The van der Waals surface area contributed by atoms with E-state index in [2.05, 4.69) is 10.6 Å². The molecule has 0 aromatic carbocycles. The Hall–Kier alpha value is -1.30. The Labute approximate surface area is 113 Å². The maximum Gasteiger partial charge on any atom is 0.315 e. The number of urea groups is 1. The van der Waals surface area contributed by atoms with Crippen molar-refractivity contribution >= 4 is 12.0 Å². The third kappa shape index (κ3) is 7.00. The Morgan fingerprint density at radius 2 is 2.05 bits per heavy atom. The van der Waals surface area contributed by atoms with Gasteiger partial charge in [-0.1, -0.05) is 6.42 Å². The van der Waals surface area contributed by atoms with Crippen LogP contribution >= 0.6 is 0 Å². The van der Waals surface area contributed by atoms with Gasteiger partial charge in [0.25, 0.3) is 0 Å². The lowest BCUT2D eigenvalue weighted by Gasteiger charge is -2.13. The molecule has 1 rings (SSSR count). The van der Waals surface area contributed by atoms with E-state index in [-0.39, 0.29) is 24.6 Å². The number of unbranched alkanes of at least 4 members (excludes halogenated alkanes) is 2. The second-order valence-electron chi connectivity index (χ2n) is 4.97. The highest BCUT2D eigenvalue weighted by Gasteiger charge is 2.25. The summed E-state index contributed by atoms with van der Waals surface area (Å²) in [5.74, 6) is -0.764. The van der Waals surface area contributed by atoms with Crippen LogP contribution in [0.5, 0.6) is 0 Å². The average Bonchev–Trinajstić information content (AvgIpc) is 2.81. The van der Waals surface area contributed by atoms with Gasteiger partial charge in [-0.2, -0.15) is 0 Å². The zero-order valence-corrected chi connectivity index (χ0v) is 11.5. The minimum absolute atomic E-state index is 0.139. The summed E-state index contributed by atoms with van der Waals surface area (Å²) < 4.78 is 5.25. The first-order valence-corrected chi connectivity index (χ1v) is 6.90. The van der Waals surface area contributed by atoms with Crippen molar-refractivity contribution in [2.45, 2.75) is 57.1 Å². The van der Waals surface area contributed by atoms with Crippen molar-refractivity contribution in [3.63, 3.8) is 0 Å². The van der Waals surface area contributed by atoms with E-state index in [1.165, 1.54) is 0 Å². The number of hydrogen-bond donors (Lipinski definition) is 3. The minimum atomic E-state index is -0.764. The molecule has 3 N–H and O–H groups in total. The quantitative estimate of drug-likeness (QED) is 0.584. The first-order valence-electron chi connectivity index (χ1n) is 6.90. The van der Waals surface area contributed by atoms with Crippen LogP contribution in [0.1, 0.15) is 44.9 Å². The van der Waals surface area contributed by atoms with Gasteiger partial charge in [0, 0.05) is 26.1 Å². The molecule has 0 saturated heterocycles. The number of carboxylic acids is 1. The highest BCUT2D eigenvalue weighted by Crippen LogP contribution is 2.21. The largest absolute Gasteiger partial charge is 0.481 e. The Balaban J connectivity index is 1.98. The third-order valence-corrected chi connectivity index (χ3v) is 3.41. The molecular weight excluding hydrogens is 248 g/mol. The zero-order chi connectivity index (χ0) is 14.1. The number of methoxy groups -OCH3 is 1. The van der Waals surface area contributed by atoms with Crippen molar-refractivity contribution in [1.82, 2.24) is 10.6 Å². The second kappa shape index (κ2) is 8.74. The van der Waals surface area contributed by atoms with Gasteiger partial charge in [-0.3, -0.25) is 4.79 Å². The number of carbonyl (C=O) groups is 2. The van der Waals surface area contributed by atoms with E-state index in [1.54, 1.807) is 7.11 Å². The van der Waals surface area contributed by atoms with Gasteiger partial charge in [-0.25, -0.2) is 4.79 Å². The van der Waals surface area contributed by atoms with Gasteiger partial charge in [-0.15, -0.1) is 0 Å². The summed E-state index contributed by atoms with van der Waals surface area (Å²) in [6.45, 7) is 0.589. The van der Waals surface area contributed by atoms with Crippen LogP contribution in [0.4, 0.5) is 4.79 Å². The van der Waals surface area contributed by atoms with Crippen molar-refractivity contribution in [3.8, 4) is 0 Å². The molecule has 0 aliphatic heterocycles. The lowest BCUT2D eigenvalue weighted by Crippen LogP contribution is -2.41. The molecule has 1 aliphatic rings. The lowest BCUT2D eigenvalue weighted by molar-refractivity contribution is -0.137. The van der Waals surface area contributed by atoms with Crippen molar-refractivity contribution in [2.75, 3.05) is 13.7 Å². The molecule has 2 unspecified atom stereocenters. The number of aliphatic carboxylic acids is 1. The predicted octanol–water partition coefficient (Wildman–Crippen LogP) is 1.50. The molecule has 110 valence electrons. The fourth-order valence-electron chi connectivity index (χ4n) is 2.30. The Morgan fingerprint density at radius 3 is 2.68 bits per heavy atom. The molecule has 6 heteroatoms. The van der Waals surface area contributed by atoms with E-state index in [0.29, 0.717) is 13.0 Å². The second-order valence-corrected chi connectivity index (χ2v) is 4.97. The van der Waals surface area contributed by atoms with Gasteiger partial charge in [0.2, 0.25) is 0 Å². The van der Waals surface area contributed by atoms with E-state index in [0.717, 1.165) is 32.1 Å². The molecule has 0 bridgehead atoms. The van der Waals surface area contributed by atoms with E-state index in [4.69, 9.17) is 9.84 Å². The predicted molar refractivity (Wildman–Crippen MR) is 71.1 cm³/mol. The molecule has 1 aliphatic carbocycles. The van der Waals surface area contributed by atoms with Crippen LogP contribution in [0.3, 0.4) is 0 Å². The topological polar surface area (TPSA) is 87.7 Å². The van der Waals surface area contributed by atoms with E-state index < -0.39 is 5.97 Å². The number of amides is 2. The number of carbonyl (C=O) groups excluding carboxylic acids is 1. The summed E-state index contributed by atoms with van der Waals surface area (Å²) in [6, 6.07) is 0.0666. The Morgan fingerprint density at radius 1 is 1.26 bits per heavy atom. The molecule has 0 aromatic rings. The monoisotopic (exact) mass is 272 g/mol. The van der Waals surface area contributed by atoms with Gasteiger partial charge < -0.3 is 20.5 Å². The van der Waals surface area contributed by atoms with Gasteiger partial charge in [0.1, 0.15) is 0 Å². The lowest BCUT2D eigenvalue weighted by atomic mass is 10.2. The van der Waals surface area contributed by atoms with Crippen LogP contribution in [0, 0.1) is 0 Å². The fraction of sp³-hybridized carbons (Fsp3) is 0.846. The molecule has 6 nitrogen and oxygen atoms in total. The fourth-order valence-corrected chi connectivity index (χ4v) is 2.30. The highest BCUT2D eigenvalue weighted by atomic mass is 16.5. The zero-order valence-electron chi connectivity index (χ0n) is 11.5. The molecule has 0 spiro atoms. The third-order valence-electron chi connectivity index (χ3n) is 3.41. The van der Waals surface area contributed by atoms with Gasteiger partial charge in [0.05, 0.1) is 6.10 Å². The van der Waals surface area contributed by atoms with Crippen molar-refractivity contribution in [1.29, 1.82) is 0 Å². The van der Waals surface area contributed by atoms with Crippen molar-refractivity contribution in [2.24, 2.45) is 0 Å². The Kier molecular flexibility index (Phi) is 7.25. The minimum Gasteiger partial charge on any atom is -0.481 e. The summed E-state index contributed by atoms with van der Waals surface area (Å²) >= 11 is 0. The molecule has 2 amide bonds. The number of ether oxygens (including phenoxy) is 1. The summed E-state index contributed by atoms with van der Waals surface area (Å²) in [4.78, 5) is 21.9. The number of rotatable bonds is 8. The van der Waals surface area contributed by atoms with E-state index in [1.807, 2.05) is 0 Å². The average molecular weight is 272 g/mol. The molecule has 1 saturated carbocycles.